The average molecular weight is 428 g/mol. The maximum absolute atomic E-state index is 13.4. The zero-order valence-electron chi connectivity index (χ0n) is 15.8. The Morgan fingerprint density at radius 3 is 2.30 bits per heavy atom. The molecule has 0 bridgehead atoms. The molecular weight excluding hydrogens is 410 g/mol. The summed E-state index contributed by atoms with van der Waals surface area (Å²) in [6.07, 6.45) is 1.49. The summed E-state index contributed by atoms with van der Waals surface area (Å²) in [4.78, 5) is 27.4. The Balaban J connectivity index is 1.90. The van der Waals surface area contributed by atoms with Gasteiger partial charge in [-0.1, -0.05) is 34.8 Å². The molecule has 0 aliphatic carbocycles. The molecule has 1 heterocycles. The molecule has 3 rings (SSSR count). The fourth-order valence-electron chi connectivity index (χ4n) is 2.86. The topological polar surface area (TPSA) is 75.2 Å². The Hall–Kier alpha value is -3.46. The van der Waals surface area contributed by atoms with Gasteiger partial charge in [0.1, 0.15) is 17.7 Å². The summed E-state index contributed by atoms with van der Waals surface area (Å²) in [5.74, 6) is -1.83. The zero-order valence-corrected chi connectivity index (χ0v) is 16.6. The van der Waals surface area contributed by atoms with Gasteiger partial charge in [0.25, 0.3) is 5.91 Å². The van der Waals surface area contributed by atoms with Crippen LogP contribution in [0.15, 0.2) is 66.6 Å². The highest BCUT2D eigenvalue weighted by Crippen LogP contribution is 2.24. The van der Waals surface area contributed by atoms with Gasteiger partial charge in [-0.25, -0.2) is 8.78 Å². The van der Waals surface area contributed by atoms with Crippen molar-refractivity contribution in [1.82, 2.24) is 19.8 Å². The molecule has 0 spiro atoms. The summed E-state index contributed by atoms with van der Waals surface area (Å²) in [7, 11) is 0. The van der Waals surface area contributed by atoms with Crippen molar-refractivity contribution in [3.05, 3.63) is 95.0 Å². The van der Waals surface area contributed by atoms with Gasteiger partial charge >= 0.3 is 0 Å². The average Bonchev–Trinajstić information content (AvgIpc) is 3.29. The summed E-state index contributed by atoms with van der Waals surface area (Å²) in [5, 5.41) is 8.02. The second-order valence-corrected chi connectivity index (χ2v) is 6.94. The van der Waals surface area contributed by atoms with Crippen LogP contribution >= 0.6 is 11.5 Å². The van der Waals surface area contributed by atoms with Crippen LogP contribution in [-0.4, -0.2) is 32.8 Å². The van der Waals surface area contributed by atoms with Crippen LogP contribution in [0.25, 0.3) is 0 Å². The van der Waals surface area contributed by atoms with E-state index in [1.54, 1.807) is 12.1 Å². The number of hydrogen-bond donors (Lipinski definition) is 1. The summed E-state index contributed by atoms with van der Waals surface area (Å²) in [5.41, 5.74) is 1.21. The molecule has 154 valence electrons. The summed E-state index contributed by atoms with van der Waals surface area (Å²) in [6, 6.07) is 9.96. The molecule has 3 aromatic rings. The fraction of sp³-hybridized carbons (Fsp3) is 0.143. The van der Waals surface area contributed by atoms with Crippen molar-refractivity contribution < 1.29 is 18.4 Å². The maximum atomic E-state index is 13.4. The lowest BCUT2D eigenvalue weighted by atomic mass is 10.0. The van der Waals surface area contributed by atoms with Crippen molar-refractivity contribution in [3.63, 3.8) is 0 Å². The molecule has 0 saturated carbocycles. The van der Waals surface area contributed by atoms with E-state index in [-0.39, 0.29) is 24.6 Å². The Kier molecular flexibility index (Phi) is 6.97. The van der Waals surface area contributed by atoms with E-state index in [4.69, 9.17) is 0 Å². The number of halogens is 2. The molecule has 0 radical (unpaired) electrons. The first kappa shape index (κ1) is 21.3. The summed E-state index contributed by atoms with van der Waals surface area (Å²) >= 11 is 1.01. The second kappa shape index (κ2) is 9.84. The minimum absolute atomic E-state index is 0.0579. The minimum atomic E-state index is -1.06. The minimum Gasteiger partial charge on any atom is -0.350 e. The van der Waals surface area contributed by atoms with Gasteiger partial charge in [-0.3, -0.25) is 9.59 Å². The molecule has 2 amide bonds. The quantitative estimate of drug-likeness (QED) is 0.558. The predicted octanol–water partition coefficient (Wildman–Crippen LogP) is 3.50. The monoisotopic (exact) mass is 428 g/mol. The van der Waals surface area contributed by atoms with E-state index in [0.29, 0.717) is 11.1 Å². The van der Waals surface area contributed by atoms with Gasteiger partial charge in [-0.05, 0) is 46.9 Å². The van der Waals surface area contributed by atoms with E-state index in [9.17, 15) is 18.4 Å². The van der Waals surface area contributed by atoms with Crippen molar-refractivity contribution in [3.8, 4) is 0 Å². The van der Waals surface area contributed by atoms with Crippen molar-refractivity contribution in [2.75, 3.05) is 6.54 Å². The second-order valence-electron chi connectivity index (χ2n) is 6.33. The molecule has 0 aliphatic heterocycles. The van der Waals surface area contributed by atoms with E-state index in [2.05, 4.69) is 21.5 Å². The summed E-state index contributed by atoms with van der Waals surface area (Å²) < 4.78 is 30.2. The van der Waals surface area contributed by atoms with E-state index >= 15 is 0 Å². The van der Waals surface area contributed by atoms with Crippen molar-refractivity contribution in [1.29, 1.82) is 0 Å². The van der Waals surface area contributed by atoms with Crippen LogP contribution in [0.4, 0.5) is 8.78 Å². The van der Waals surface area contributed by atoms with Crippen molar-refractivity contribution in [2.45, 2.75) is 12.6 Å². The molecule has 9 heteroatoms. The molecule has 0 saturated heterocycles. The Bertz CT molecular complexity index is 1010. The number of nitrogens with one attached hydrogen (secondary N) is 1. The molecule has 30 heavy (non-hydrogen) atoms. The number of carbonyl (C=O) groups excluding carboxylic acids is 2. The molecular formula is C21H18F2N4O2S. The van der Waals surface area contributed by atoms with Crippen LogP contribution in [0.3, 0.4) is 0 Å². The summed E-state index contributed by atoms with van der Waals surface area (Å²) in [6.45, 7) is 3.85. The first-order valence-corrected chi connectivity index (χ1v) is 9.80. The molecule has 1 N–H and O–H groups in total. The van der Waals surface area contributed by atoms with Gasteiger partial charge in [0.15, 0.2) is 5.69 Å². The highest BCUT2D eigenvalue weighted by molar-refractivity contribution is 7.03. The van der Waals surface area contributed by atoms with E-state index in [0.717, 1.165) is 11.5 Å². The third-order valence-electron chi connectivity index (χ3n) is 4.29. The van der Waals surface area contributed by atoms with E-state index in [1.807, 2.05) is 0 Å². The predicted molar refractivity (Wildman–Crippen MR) is 109 cm³/mol. The lowest BCUT2D eigenvalue weighted by molar-refractivity contribution is -0.126. The number of carbonyl (C=O) groups is 2. The zero-order chi connectivity index (χ0) is 21.5. The molecule has 1 atom stereocenters. The van der Waals surface area contributed by atoms with Gasteiger partial charge in [-0.15, -0.1) is 11.7 Å². The maximum Gasteiger partial charge on any atom is 0.276 e. The Morgan fingerprint density at radius 2 is 1.73 bits per heavy atom. The van der Waals surface area contributed by atoms with E-state index in [1.165, 1.54) is 52.8 Å². The lowest BCUT2D eigenvalue weighted by Crippen LogP contribution is -2.43. The highest BCUT2D eigenvalue weighted by Gasteiger charge is 2.32. The van der Waals surface area contributed by atoms with Crippen LogP contribution in [0.1, 0.15) is 27.7 Å². The van der Waals surface area contributed by atoms with Crippen LogP contribution in [0.5, 0.6) is 0 Å². The third-order valence-corrected chi connectivity index (χ3v) is 4.80. The molecule has 1 aromatic heterocycles. The number of rotatable bonds is 8. The van der Waals surface area contributed by atoms with Gasteiger partial charge < -0.3 is 10.2 Å². The SMILES string of the molecule is C=CCN(C(=O)c1csnn1)[C@@H](C(=O)NCc1ccc(F)cc1)c1ccc(F)cc1. The van der Waals surface area contributed by atoms with Gasteiger partial charge in [0, 0.05) is 18.5 Å². The fourth-order valence-corrected chi connectivity index (χ4v) is 3.29. The van der Waals surface area contributed by atoms with Crippen LogP contribution in [0.2, 0.25) is 0 Å². The number of amides is 2. The Labute approximate surface area is 176 Å². The molecule has 0 aliphatic rings. The standard InChI is InChI=1S/C21H18F2N4O2S/c1-2-11-27(21(29)18-13-30-26-25-18)19(15-5-9-17(23)10-6-15)20(28)24-12-14-3-7-16(22)8-4-14/h2-10,13,19H,1,11-12H2,(H,24,28)/t19-/m1/s1. The molecule has 0 fully saturated rings. The first-order valence-electron chi connectivity index (χ1n) is 8.96. The first-order chi connectivity index (χ1) is 14.5. The third kappa shape index (κ3) is 5.12. The lowest BCUT2D eigenvalue weighted by Gasteiger charge is -2.30. The van der Waals surface area contributed by atoms with E-state index < -0.39 is 23.7 Å². The largest absolute Gasteiger partial charge is 0.350 e. The van der Waals surface area contributed by atoms with Crippen LogP contribution in [-0.2, 0) is 11.3 Å². The van der Waals surface area contributed by atoms with Gasteiger partial charge in [0.2, 0.25) is 5.91 Å². The number of benzene rings is 2. The molecule has 6 nitrogen and oxygen atoms in total. The van der Waals surface area contributed by atoms with Crippen molar-refractivity contribution >= 4 is 23.3 Å². The normalized spacial score (nSPS) is 11.5. The van der Waals surface area contributed by atoms with Crippen LogP contribution in [0, 0.1) is 11.6 Å². The molecule has 2 aromatic carbocycles. The molecule has 0 unspecified atom stereocenters. The smallest absolute Gasteiger partial charge is 0.276 e. The number of hydrogen-bond acceptors (Lipinski definition) is 5. The number of nitrogens with zero attached hydrogens (tertiary/aromatic N) is 3. The van der Waals surface area contributed by atoms with Crippen molar-refractivity contribution in [2.24, 2.45) is 0 Å². The van der Waals surface area contributed by atoms with Crippen LogP contribution < -0.4 is 5.32 Å². The van der Waals surface area contributed by atoms with Gasteiger partial charge in [0.05, 0.1) is 0 Å². The number of aromatic nitrogens is 2. The van der Waals surface area contributed by atoms with Gasteiger partial charge in [-0.2, -0.15) is 0 Å². The highest BCUT2D eigenvalue weighted by atomic mass is 32.1. The Morgan fingerprint density at radius 1 is 1.10 bits per heavy atom.